The molecule has 2 heterocycles. The largest absolute Gasteiger partial charge is 1.00 e. The van der Waals surface area contributed by atoms with E-state index in [1.54, 1.807) is 17.4 Å². The molecule has 0 N–H and O–H groups in total. The number of aryl methyl sites for hydroxylation is 4. The molecule has 3 nitrogen and oxygen atoms in total. The van der Waals surface area contributed by atoms with Gasteiger partial charge >= 0.3 is 5.97 Å². The number of fused-ring (bicyclic) bond motifs is 3. The van der Waals surface area contributed by atoms with Crippen LogP contribution < -0.4 is 12.4 Å². The number of pyridine rings is 1. The highest BCUT2D eigenvalue weighted by Gasteiger charge is 2.26. The molecule has 0 unspecified atom stereocenters. The van der Waals surface area contributed by atoms with Gasteiger partial charge in [-0.2, -0.15) is 0 Å². The summed E-state index contributed by atoms with van der Waals surface area (Å²) in [7, 11) is 0. The van der Waals surface area contributed by atoms with Crippen LogP contribution in [0.1, 0.15) is 44.9 Å². The molecule has 1 aliphatic carbocycles. The third-order valence-electron chi connectivity index (χ3n) is 5.16. The van der Waals surface area contributed by atoms with Gasteiger partial charge in [-0.15, -0.1) is 11.3 Å². The molecule has 0 radical (unpaired) electrons. The van der Waals surface area contributed by atoms with Gasteiger partial charge in [-0.3, -0.25) is 0 Å². The van der Waals surface area contributed by atoms with Crippen molar-refractivity contribution < 1.29 is 21.9 Å². The Bertz CT molecular complexity index is 1040. The molecule has 0 atom stereocenters. The highest BCUT2D eigenvalue weighted by Crippen LogP contribution is 2.43. The van der Waals surface area contributed by atoms with E-state index in [4.69, 9.17) is 9.72 Å². The molecule has 1 aromatic carbocycles. The highest BCUT2D eigenvalue weighted by molar-refractivity contribution is 7.19. The molecule has 4 rings (SSSR count). The lowest BCUT2D eigenvalue weighted by Gasteiger charge is -2.16. The molecular weight excluding hydrogens is 390 g/mol. The smallest absolute Gasteiger partial charge is 0.340 e. The Labute approximate surface area is 175 Å². The number of hydrogen-bond donors (Lipinski definition) is 0. The molecule has 5 heteroatoms. The third-order valence-corrected chi connectivity index (χ3v) is 6.35. The summed E-state index contributed by atoms with van der Waals surface area (Å²) in [5.41, 5.74) is 5.91. The van der Waals surface area contributed by atoms with Crippen LogP contribution in [0.2, 0.25) is 0 Å². The van der Waals surface area contributed by atoms with Gasteiger partial charge in [0, 0.05) is 15.8 Å². The second-order valence-electron chi connectivity index (χ2n) is 7.09. The van der Waals surface area contributed by atoms with Crippen LogP contribution in [0.3, 0.4) is 0 Å². The molecular formula is C23H23ClNO2S-. The van der Waals surface area contributed by atoms with Crippen LogP contribution in [-0.4, -0.2) is 17.6 Å². The first-order chi connectivity index (χ1) is 13.1. The normalized spacial score (nSPS) is 12.9. The molecule has 2 aromatic heterocycles. The van der Waals surface area contributed by atoms with Crippen molar-refractivity contribution >= 4 is 27.5 Å². The summed E-state index contributed by atoms with van der Waals surface area (Å²) in [6.45, 7) is 7.82. The molecule has 0 spiro atoms. The van der Waals surface area contributed by atoms with E-state index in [0.717, 1.165) is 39.9 Å². The molecule has 0 aliphatic heterocycles. The van der Waals surface area contributed by atoms with E-state index >= 15 is 0 Å². The Hall–Kier alpha value is -2.17. The Kier molecular flexibility index (Phi) is 6.21. The maximum Gasteiger partial charge on any atom is 0.340 e. The van der Waals surface area contributed by atoms with E-state index in [9.17, 15) is 4.79 Å². The first kappa shape index (κ1) is 20.6. The lowest BCUT2D eigenvalue weighted by molar-refractivity contribution is -0.0000224. The number of thiophene rings is 1. The van der Waals surface area contributed by atoms with Gasteiger partial charge < -0.3 is 17.1 Å². The zero-order valence-electron chi connectivity index (χ0n) is 16.2. The van der Waals surface area contributed by atoms with Crippen LogP contribution in [0, 0.1) is 13.8 Å². The van der Waals surface area contributed by atoms with Crippen molar-refractivity contribution in [2.75, 3.05) is 6.61 Å². The molecule has 3 aromatic rings. The van der Waals surface area contributed by atoms with E-state index in [-0.39, 0.29) is 25.0 Å². The second-order valence-corrected chi connectivity index (χ2v) is 8.18. The monoisotopic (exact) mass is 412 g/mol. The van der Waals surface area contributed by atoms with Crippen molar-refractivity contribution in [2.45, 2.75) is 39.5 Å². The minimum absolute atomic E-state index is 0. The third kappa shape index (κ3) is 3.59. The predicted octanol–water partition coefficient (Wildman–Crippen LogP) is 2.81. The number of carbonyl (C=O) groups is 1. The fraction of sp³-hybridized carbons (Fsp3) is 0.304. The Morgan fingerprint density at radius 2 is 1.93 bits per heavy atom. The van der Waals surface area contributed by atoms with Gasteiger partial charge in [0.2, 0.25) is 0 Å². The summed E-state index contributed by atoms with van der Waals surface area (Å²) in [5, 5.41) is 1.15. The molecule has 0 fully saturated rings. The Morgan fingerprint density at radius 3 is 2.64 bits per heavy atom. The van der Waals surface area contributed by atoms with Crippen molar-refractivity contribution in [1.82, 2.24) is 4.98 Å². The van der Waals surface area contributed by atoms with E-state index in [1.165, 1.54) is 28.8 Å². The molecule has 1 aliphatic rings. The van der Waals surface area contributed by atoms with Crippen LogP contribution in [0.15, 0.2) is 36.9 Å². The molecule has 28 heavy (non-hydrogen) atoms. The number of hydrogen-bond acceptors (Lipinski definition) is 4. The number of esters is 1. The minimum atomic E-state index is -0.326. The van der Waals surface area contributed by atoms with Crippen molar-refractivity contribution in [3.05, 3.63) is 64.2 Å². The van der Waals surface area contributed by atoms with Gasteiger partial charge in [-0.1, -0.05) is 42.5 Å². The van der Waals surface area contributed by atoms with Crippen LogP contribution in [-0.2, 0) is 17.6 Å². The zero-order valence-corrected chi connectivity index (χ0v) is 17.8. The number of nitrogens with zero attached hydrogens (tertiary/aromatic N) is 1. The zero-order chi connectivity index (χ0) is 19.0. The van der Waals surface area contributed by atoms with Crippen LogP contribution in [0.4, 0.5) is 0 Å². The SMILES string of the molecule is C=CCOC(=O)c1c(C)nc2sc3c(c2c1-c1ccc(C)cc1)CCCC3.[Cl-]. The quantitative estimate of drug-likeness (QED) is 0.488. The van der Waals surface area contributed by atoms with E-state index in [2.05, 4.69) is 37.8 Å². The summed E-state index contributed by atoms with van der Waals surface area (Å²) in [5.74, 6) is -0.326. The molecule has 0 bridgehead atoms. The fourth-order valence-corrected chi connectivity index (χ4v) is 5.18. The van der Waals surface area contributed by atoms with Gasteiger partial charge in [0.15, 0.2) is 0 Å². The summed E-state index contributed by atoms with van der Waals surface area (Å²) >= 11 is 1.78. The average molecular weight is 413 g/mol. The number of rotatable bonds is 4. The van der Waals surface area contributed by atoms with Crippen molar-refractivity contribution in [3.8, 4) is 11.1 Å². The predicted molar refractivity (Wildman–Crippen MR) is 112 cm³/mol. The molecule has 146 valence electrons. The van der Waals surface area contributed by atoms with Gasteiger partial charge in [-0.25, -0.2) is 9.78 Å². The van der Waals surface area contributed by atoms with Crippen LogP contribution in [0.5, 0.6) is 0 Å². The van der Waals surface area contributed by atoms with Crippen LogP contribution >= 0.6 is 11.3 Å². The number of ether oxygens (including phenoxy) is 1. The van der Waals surface area contributed by atoms with E-state index < -0.39 is 0 Å². The lowest BCUT2D eigenvalue weighted by Crippen LogP contribution is -3.00. The Balaban J connectivity index is 0.00000225. The van der Waals surface area contributed by atoms with E-state index in [0.29, 0.717) is 5.56 Å². The molecule has 0 amide bonds. The van der Waals surface area contributed by atoms with Crippen molar-refractivity contribution in [1.29, 1.82) is 0 Å². The number of aromatic nitrogens is 1. The van der Waals surface area contributed by atoms with Crippen molar-refractivity contribution in [3.63, 3.8) is 0 Å². The fourth-order valence-electron chi connectivity index (χ4n) is 3.87. The first-order valence-electron chi connectivity index (χ1n) is 9.40. The number of carbonyl (C=O) groups excluding carboxylic acids is 1. The topological polar surface area (TPSA) is 39.2 Å². The maximum atomic E-state index is 12.9. The first-order valence-corrected chi connectivity index (χ1v) is 10.2. The van der Waals surface area contributed by atoms with E-state index in [1.807, 2.05) is 6.92 Å². The summed E-state index contributed by atoms with van der Waals surface area (Å²) in [4.78, 5) is 20.2. The summed E-state index contributed by atoms with van der Waals surface area (Å²) in [6, 6.07) is 8.38. The molecule has 0 saturated carbocycles. The standard InChI is InChI=1S/C23H23NO2S.ClH/c1-4-13-26-23(25)19-15(3)24-22-21(17-7-5-6-8-18(17)27-22)20(19)16-11-9-14(2)10-12-16;/h4,9-12H,1,5-8,13H2,2-3H3;1H/p-1. The molecule has 0 saturated heterocycles. The Morgan fingerprint density at radius 1 is 1.21 bits per heavy atom. The number of halogens is 1. The highest BCUT2D eigenvalue weighted by atomic mass is 35.5. The minimum Gasteiger partial charge on any atom is -1.00 e. The number of benzene rings is 1. The second kappa shape index (κ2) is 8.46. The van der Waals surface area contributed by atoms with Gasteiger partial charge in [0.1, 0.15) is 11.4 Å². The average Bonchev–Trinajstić information content (AvgIpc) is 3.03. The maximum absolute atomic E-state index is 12.9. The van der Waals surface area contributed by atoms with Crippen molar-refractivity contribution in [2.24, 2.45) is 0 Å². The summed E-state index contributed by atoms with van der Waals surface area (Å²) < 4.78 is 5.42. The lowest BCUT2D eigenvalue weighted by atomic mass is 9.89. The summed E-state index contributed by atoms with van der Waals surface area (Å²) in [6.07, 6.45) is 6.18. The van der Waals surface area contributed by atoms with Gasteiger partial charge in [-0.05, 0) is 50.7 Å². The van der Waals surface area contributed by atoms with Gasteiger partial charge in [0.05, 0.1) is 11.3 Å². The van der Waals surface area contributed by atoms with Gasteiger partial charge in [0.25, 0.3) is 0 Å². The van der Waals surface area contributed by atoms with Crippen LogP contribution in [0.25, 0.3) is 21.3 Å².